The van der Waals surface area contributed by atoms with Crippen LogP contribution in [0.4, 0.5) is 0 Å². The molecule has 0 saturated carbocycles. The van der Waals surface area contributed by atoms with E-state index in [2.05, 4.69) is 29.2 Å². The molecule has 0 unspecified atom stereocenters. The summed E-state index contributed by atoms with van der Waals surface area (Å²) in [6.45, 7) is 3.49. The molecule has 112 valence electrons. The van der Waals surface area contributed by atoms with Crippen molar-refractivity contribution in [3.8, 4) is 0 Å². The second-order valence-electron chi connectivity index (χ2n) is 6.23. The normalized spacial score (nSPS) is 38.1. The van der Waals surface area contributed by atoms with Gasteiger partial charge < -0.3 is 9.47 Å². The van der Waals surface area contributed by atoms with Crippen LogP contribution in [0.25, 0.3) is 0 Å². The summed E-state index contributed by atoms with van der Waals surface area (Å²) in [5.74, 6) is 0.680. The lowest BCUT2D eigenvalue weighted by Gasteiger charge is -2.36. The quantitative estimate of drug-likeness (QED) is 0.849. The molecule has 0 radical (unpaired) electrons. The summed E-state index contributed by atoms with van der Waals surface area (Å²) < 4.78 is 11.8. The van der Waals surface area contributed by atoms with E-state index < -0.39 is 0 Å². The molecule has 3 saturated heterocycles. The van der Waals surface area contributed by atoms with Crippen LogP contribution in [0.1, 0.15) is 25.3 Å². The molecule has 1 aromatic carbocycles. The van der Waals surface area contributed by atoms with Gasteiger partial charge >= 0.3 is 0 Å². The van der Waals surface area contributed by atoms with Gasteiger partial charge in [-0.25, -0.2) is 0 Å². The Morgan fingerprint density at radius 2 is 2.14 bits per heavy atom. The zero-order valence-corrected chi connectivity index (χ0v) is 12.3. The highest BCUT2D eigenvalue weighted by atomic mass is 16.7. The number of carbonyl (C=O) groups is 1. The van der Waals surface area contributed by atoms with Crippen LogP contribution >= 0.6 is 0 Å². The average molecular weight is 287 g/mol. The fourth-order valence-corrected chi connectivity index (χ4v) is 4.26. The molecule has 4 rings (SSSR count). The number of hydrogen-bond acceptors (Lipinski definition) is 4. The summed E-state index contributed by atoms with van der Waals surface area (Å²) >= 11 is 0. The van der Waals surface area contributed by atoms with Gasteiger partial charge in [-0.2, -0.15) is 0 Å². The third kappa shape index (κ3) is 2.13. The number of benzene rings is 1. The molecule has 2 bridgehead atoms. The Morgan fingerprint density at radius 1 is 1.33 bits per heavy atom. The third-order valence-corrected chi connectivity index (χ3v) is 5.07. The summed E-state index contributed by atoms with van der Waals surface area (Å²) in [6.07, 6.45) is 1.33. The first-order valence-electron chi connectivity index (χ1n) is 7.87. The van der Waals surface area contributed by atoms with Gasteiger partial charge in [0.15, 0.2) is 12.1 Å². The smallest absolute Gasteiger partial charge is 0.162 e. The number of carbonyl (C=O) groups excluding carboxylic acids is 1. The van der Waals surface area contributed by atoms with Gasteiger partial charge in [-0.3, -0.25) is 9.69 Å². The van der Waals surface area contributed by atoms with Crippen molar-refractivity contribution in [3.05, 3.63) is 35.9 Å². The molecular formula is C17H21NO3. The Labute approximate surface area is 125 Å². The van der Waals surface area contributed by atoms with Crippen LogP contribution in [0, 0.1) is 5.92 Å². The lowest BCUT2D eigenvalue weighted by Crippen LogP contribution is -2.51. The molecule has 3 fully saturated rings. The van der Waals surface area contributed by atoms with Crippen molar-refractivity contribution in [3.63, 3.8) is 0 Å². The highest BCUT2D eigenvalue weighted by molar-refractivity contribution is 5.86. The van der Waals surface area contributed by atoms with Crippen LogP contribution in [0.2, 0.25) is 0 Å². The van der Waals surface area contributed by atoms with Crippen molar-refractivity contribution in [2.24, 2.45) is 5.92 Å². The summed E-state index contributed by atoms with van der Waals surface area (Å²) in [5, 5.41) is 0. The summed E-state index contributed by atoms with van der Waals surface area (Å²) in [7, 11) is 0. The fraction of sp³-hybridized carbons (Fsp3) is 0.588. The molecule has 21 heavy (non-hydrogen) atoms. The van der Waals surface area contributed by atoms with Crippen molar-refractivity contribution in [2.45, 2.75) is 50.8 Å². The first-order chi connectivity index (χ1) is 10.3. The van der Waals surface area contributed by atoms with Gasteiger partial charge in [0.2, 0.25) is 0 Å². The number of Topliss-reactive ketones (excluding diaryl/α,β-unsaturated/α-hetero) is 1. The monoisotopic (exact) mass is 287 g/mol. The van der Waals surface area contributed by atoms with Crippen LogP contribution in [0.3, 0.4) is 0 Å². The average Bonchev–Trinajstić information content (AvgIpc) is 2.96. The van der Waals surface area contributed by atoms with E-state index in [4.69, 9.17) is 9.47 Å². The van der Waals surface area contributed by atoms with Crippen LogP contribution in [-0.2, 0) is 20.8 Å². The van der Waals surface area contributed by atoms with E-state index in [1.54, 1.807) is 0 Å². The van der Waals surface area contributed by atoms with Crippen LogP contribution in [-0.4, -0.2) is 41.8 Å². The maximum absolute atomic E-state index is 12.3. The zero-order valence-electron chi connectivity index (χ0n) is 12.3. The lowest BCUT2D eigenvalue weighted by molar-refractivity contribution is -0.164. The topological polar surface area (TPSA) is 38.8 Å². The number of rotatable bonds is 4. The van der Waals surface area contributed by atoms with Gasteiger partial charge in [0.25, 0.3) is 0 Å². The maximum Gasteiger partial charge on any atom is 0.162 e. The minimum absolute atomic E-state index is 0.0153. The van der Waals surface area contributed by atoms with Gasteiger partial charge in [0, 0.05) is 31.5 Å². The molecule has 0 spiro atoms. The Balaban J connectivity index is 1.59. The van der Waals surface area contributed by atoms with Gasteiger partial charge in [-0.1, -0.05) is 30.3 Å². The zero-order chi connectivity index (χ0) is 14.4. The molecule has 5 atom stereocenters. The number of nitrogens with zero attached hydrogens (tertiary/aromatic N) is 1. The van der Waals surface area contributed by atoms with Gasteiger partial charge in [-0.15, -0.1) is 0 Å². The molecule has 3 aliphatic rings. The molecule has 0 aromatic heterocycles. The van der Waals surface area contributed by atoms with E-state index in [-0.39, 0.29) is 18.4 Å². The van der Waals surface area contributed by atoms with Crippen molar-refractivity contribution < 1.29 is 14.3 Å². The first kappa shape index (κ1) is 13.4. The standard InChI is InChI=1S/C17H21NO3/c1-2-20-17-12-8-13-14(19)9-15(21-17)16(12)18(13)10-11-6-4-3-5-7-11/h3-7,12-13,15-17H,2,8-10H2,1H3/t12-,13-,15+,16+,17-/m1/s1. The first-order valence-corrected chi connectivity index (χ1v) is 7.87. The van der Waals surface area contributed by atoms with E-state index in [0.29, 0.717) is 30.8 Å². The van der Waals surface area contributed by atoms with E-state index in [0.717, 1.165) is 13.0 Å². The Kier molecular flexibility index (Phi) is 3.32. The molecule has 4 nitrogen and oxygen atoms in total. The summed E-state index contributed by atoms with van der Waals surface area (Å²) in [4.78, 5) is 14.7. The lowest BCUT2D eigenvalue weighted by atomic mass is 9.96. The summed E-state index contributed by atoms with van der Waals surface area (Å²) in [5.41, 5.74) is 1.26. The molecular weight excluding hydrogens is 266 g/mol. The van der Waals surface area contributed by atoms with Gasteiger partial charge in [-0.05, 0) is 18.9 Å². The molecule has 0 N–H and O–H groups in total. The molecule has 3 aliphatic heterocycles. The molecule has 1 aromatic rings. The second-order valence-corrected chi connectivity index (χ2v) is 6.23. The minimum Gasteiger partial charge on any atom is -0.353 e. The van der Waals surface area contributed by atoms with E-state index in [1.807, 2.05) is 13.0 Å². The minimum atomic E-state index is -0.124. The van der Waals surface area contributed by atoms with E-state index in [1.165, 1.54) is 5.56 Å². The predicted molar refractivity (Wildman–Crippen MR) is 77.6 cm³/mol. The van der Waals surface area contributed by atoms with Gasteiger partial charge in [0.1, 0.15) is 0 Å². The van der Waals surface area contributed by atoms with Crippen molar-refractivity contribution in [1.29, 1.82) is 0 Å². The fourth-order valence-electron chi connectivity index (χ4n) is 4.26. The number of ketones is 1. The Bertz CT molecular complexity index is 532. The number of hydrogen-bond donors (Lipinski definition) is 0. The third-order valence-electron chi connectivity index (χ3n) is 5.07. The molecule has 4 heteroatoms. The van der Waals surface area contributed by atoms with Gasteiger partial charge in [0.05, 0.1) is 12.1 Å². The number of piperidine rings is 1. The largest absolute Gasteiger partial charge is 0.353 e. The van der Waals surface area contributed by atoms with Crippen LogP contribution in [0.5, 0.6) is 0 Å². The van der Waals surface area contributed by atoms with Crippen molar-refractivity contribution >= 4 is 5.78 Å². The molecule has 0 amide bonds. The summed E-state index contributed by atoms with van der Waals surface area (Å²) in [6, 6.07) is 10.8. The Hall–Kier alpha value is -1.23. The van der Waals surface area contributed by atoms with E-state index in [9.17, 15) is 4.79 Å². The SMILES string of the molecule is CCO[C@@H]1O[C@H]2CC(=O)[C@H]3C[C@@H]1[C@@H]2N3Cc1ccccc1. The highest BCUT2D eigenvalue weighted by Crippen LogP contribution is 2.47. The number of ether oxygens (including phenoxy) is 2. The predicted octanol–water partition coefficient (Wildman–Crippen LogP) is 1.98. The number of fused-ring (bicyclic) bond motifs is 1. The van der Waals surface area contributed by atoms with E-state index >= 15 is 0 Å². The molecule has 3 heterocycles. The Morgan fingerprint density at radius 3 is 2.90 bits per heavy atom. The maximum atomic E-state index is 12.3. The van der Waals surface area contributed by atoms with Crippen LogP contribution in [0.15, 0.2) is 30.3 Å². The highest BCUT2D eigenvalue weighted by Gasteiger charge is 2.60. The molecule has 0 aliphatic carbocycles. The second kappa shape index (κ2) is 5.20. The van der Waals surface area contributed by atoms with Crippen LogP contribution < -0.4 is 0 Å². The van der Waals surface area contributed by atoms with Crippen molar-refractivity contribution in [2.75, 3.05) is 6.61 Å². The van der Waals surface area contributed by atoms with Crippen molar-refractivity contribution in [1.82, 2.24) is 4.90 Å².